The molecule has 4 aliphatic rings. The summed E-state index contributed by atoms with van der Waals surface area (Å²) < 4.78 is 83.8. The van der Waals surface area contributed by atoms with E-state index >= 15 is 0 Å². The first-order chi connectivity index (χ1) is 25.2. The van der Waals surface area contributed by atoms with Crippen LogP contribution in [0, 0.1) is 5.92 Å². The van der Waals surface area contributed by atoms with Gasteiger partial charge in [-0.25, -0.2) is 0 Å². The van der Waals surface area contributed by atoms with Gasteiger partial charge in [0, 0.05) is 57.0 Å². The van der Waals surface area contributed by atoms with Crippen molar-refractivity contribution < 1.29 is 36.2 Å². The SMILES string of the molecule is CCc1c(C(=O)N(C)C)nn2c1CN(c1nc(OC[C@]34CCCN3C[C@@H](C=C(F)F)C4)nc3c1COC(c1cc(N)cc(Cl)c1C(F)(F)F)C3)CCC2. The highest BCUT2D eigenvalue weighted by Crippen LogP contribution is 2.46. The fourth-order valence-corrected chi connectivity index (χ4v) is 8.86. The third-order valence-electron chi connectivity index (χ3n) is 10.9. The lowest BCUT2D eigenvalue weighted by atomic mass is 9.91. The molecule has 0 bridgehead atoms. The lowest BCUT2D eigenvalue weighted by molar-refractivity contribution is -0.139. The molecule has 2 fully saturated rings. The van der Waals surface area contributed by atoms with Crippen LogP contribution in [-0.4, -0.2) is 81.3 Å². The molecule has 11 nitrogen and oxygen atoms in total. The topological polar surface area (TPSA) is 115 Å². The Balaban J connectivity index is 1.27. The van der Waals surface area contributed by atoms with Crippen molar-refractivity contribution in [1.29, 1.82) is 0 Å². The van der Waals surface area contributed by atoms with Crippen LogP contribution >= 0.6 is 11.6 Å². The van der Waals surface area contributed by atoms with E-state index in [1.807, 2.05) is 11.6 Å². The van der Waals surface area contributed by atoms with Gasteiger partial charge in [-0.15, -0.1) is 0 Å². The second-order valence-electron chi connectivity index (χ2n) is 14.5. The third-order valence-corrected chi connectivity index (χ3v) is 11.2. The molecule has 0 saturated carbocycles. The van der Waals surface area contributed by atoms with E-state index in [1.165, 1.54) is 11.0 Å². The van der Waals surface area contributed by atoms with Crippen LogP contribution in [0.25, 0.3) is 0 Å². The summed E-state index contributed by atoms with van der Waals surface area (Å²) >= 11 is 6.11. The van der Waals surface area contributed by atoms with Crippen molar-refractivity contribution in [3.05, 3.63) is 68.6 Å². The van der Waals surface area contributed by atoms with Crippen LogP contribution in [0.2, 0.25) is 5.02 Å². The molecule has 3 atom stereocenters. The predicted octanol–water partition coefficient (Wildman–Crippen LogP) is 6.43. The summed E-state index contributed by atoms with van der Waals surface area (Å²) in [4.78, 5) is 28.5. The normalized spacial score (nSPS) is 22.9. The smallest absolute Gasteiger partial charge is 0.418 e. The van der Waals surface area contributed by atoms with Gasteiger partial charge in [0.2, 0.25) is 0 Å². The summed E-state index contributed by atoms with van der Waals surface area (Å²) in [5.74, 6) is 0.00573. The number of benzene rings is 1. The van der Waals surface area contributed by atoms with E-state index in [9.17, 15) is 26.7 Å². The maximum absolute atomic E-state index is 14.3. The molecule has 1 amide bonds. The first-order valence-corrected chi connectivity index (χ1v) is 18.2. The van der Waals surface area contributed by atoms with Crippen LogP contribution in [0.15, 0.2) is 24.3 Å². The monoisotopic (exact) mass is 764 g/mol. The number of hydrogen-bond donors (Lipinski definition) is 1. The molecule has 1 aromatic carbocycles. The Kier molecular flexibility index (Phi) is 10.1. The number of nitrogen functional groups attached to an aromatic ring is 1. The Morgan fingerprint density at radius 1 is 1.19 bits per heavy atom. The number of amides is 1. The minimum absolute atomic E-state index is 0.0369. The molecule has 7 rings (SSSR count). The molecule has 4 aliphatic heterocycles. The number of carbonyl (C=O) groups excluding carboxylic acids is 1. The number of alkyl halides is 3. The maximum atomic E-state index is 14.3. The van der Waals surface area contributed by atoms with Crippen molar-refractivity contribution in [2.45, 2.75) is 83.0 Å². The van der Waals surface area contributed by atoms with Gasteiger partial charge in [-0.2, -0.15) is 37.0 Å². The fourth-order valence-electron chi connectivity index (χ4n) is 8.52. The standard InChI is InChI=1S/C36H42ClF5N8O3/c1-4-22-27-17-48(8-6-10-50(27)46-31(22)33(51)47(2)3)32-24-18-52-28(23-12-21(43)13-25(37)30(23)36(40,41)42)14-26(24)44-34(45-32)53-19-35-7-5-9-49(35)16-20(15-35)11-29(38)39/h11-13,20,28H,4-10,14-19,43H2,1-3H3/t20-,28?,35+/m0/s1. The highest BCUT2D eigenvalue weighted by molar-refractivity contribution is 6.31. The Morgan fingerprint density at radius 2 is 1.98 bits per heavy atom. The molecule has 3 aromatic rings. The van der Waals surface area contributed by atoms with Crippen LogP contribution in [0.1, 0.15) is 82.8 Å². The van der Waals surface area contributed by atoms with Crippen LogP contribution < -0.4 is 15.4 Å². The summed E-state index contributed by atoms with van der Waals surface area (Å²) in [6.45, 7) is 4.78. The largest absolute Gasteiger partial charge is 0.461 e. The zero-order valence-electron chi connectivity index (χ0n) is 29.8. The van der Waals surface area contributed by atoms with Crippen LogP contribution in [0.3, 0.4) is 0 Å². The van der Waals surface area contributed by atoms with E-state index in [2.05, 4.69) is 9.80 Å². The Labute approximate surface area is 308 Å². The third kappa shape index (κ3) is 7.17. The van der Waals surface area contributed by atoms with Crippen LogP contribution in [-0.2, 0) is 43.5 Å². The number of fused-ring (bicyclic) bond motifs is 3. The number of halogens is 6. The zero-order chi connectivity index (χ0) is 37.8. The number of ether oxygens (including phenoxy) is 2. The minimum Gasteiger partial charge on any atom is -0.461 e. The van der Waals surface area contributed by atoms with E-state index in [4.69, 9.17) is 41.9 Å². The van der Waals surface area contributed by atoms with Gasteiger partial charge in [-0.3, -0.25) is 14.4 Å². The molecule has 286 valence electrons. The summed E-state index contributed by atoms with van der Waals surface area (Å²) in [5, 5.41) is 4.18. The number of aromatic nitrogens is 4. The summed E-state index contributed by atoms with van der Waals surface area (Å²) in [6, 6.07) is 2.34. The Bertz CT molecular complexity index is 1930. The number of rotatable bonds is 8. The highest BCUT2D eigenvalue weighted by atomic mass is 35.5. The first kappa shape index (κ1) is 37.3. The molecular weight excluding hydrogens is 723 g/mol. The second-order valence-corrected chi connectivity index (χ2v) is 14.9. The van der Waals surface area contributed by atoms with Gasteiger partial charge in [-0.05, 0) is 68.3 Å². The van der Waals surface area contributed by atoms with Crippen molar-refractivity contribution in [3.8, 4) is 6.01 Å². The number of hydrogen-bond acceptors (Lipinski definition) is 9. The zero-order valence-corrected chi connectivity index (χ0v) is 30.5. The van der Waals surface area contributed by atoms with Crippen molar-refractivity contribution in [1.82, 2.24) is 29.5 Å². The van der Waals surface area contributed by atoms with Gasteiger partial charge in [0.15, 0.2) is 5.69 Å². The molecule has 0 spiro atoms. The number of nitrogens with two attached hydrogens (primary N) is 1. The number of nitrogens with zero attached hydrogens (tertiary/aromatic N) is 7. The quantitative estimate of drug-likeness (QED) is 0.205. The molecule has 2 aromatic heterocycles. The average molecular weight is 765 g/mol. The molecule has 0 radical (unpaired) electrons. The fraction of sp³-hybridized carbons (Fsp3) is 0.556. The lowest BCUT2D eigenvalue weighted by Gasteiger charge is -2.33. The van der Waals surface area contributed by atoms with Gasteiger partial charge in [0.05, 0.1) is 46.8 Å². The molecule has 53 heavy (non-hydrogen) atoms. The maximum Gasteiger partial charge on any atom is 0.418 e. The Hall–Kier alpha value is -4.02. The molecule has 0 aliphatic carbocycles. The van der Waals surface area contributed by atoms with Crippen molar-refractivity contribution >= 4 is 29.0 Å². The number of aryl methyl sites for hydroxylation is 1. The highest BCUT2D eigenvalue weighted by Gasteiger charge is 2.49. The molecule has 6 heterocycles. The van der Waals surface area contributed by atoms with Crippen LogP contribution in [0.5, 0.6) is 6.01 Å². The molecule has 2 saturated heterocycles. The Morgan fingerprint density at radius 3 is 2.70 bits per heavy atom. The van der Waals surface area contributed by atoms with Gasteiger partial charge in [-0.1, -0.05) is 18.5 Å². The van der Waals surface area contributed by atoms with Gasteiger partial charge >= 0.3 is 12.2 Å². The molecule has 1 unspecified atom stereocenters. The number of anilines is 2. The van der Waals surface area contributed by atoms with E-state index < -0.39 is 34.5 Å². The second kappa shape index (κ2) is 14.3. The van der Waals surface area contributed by atoms with E-state index in [1.54, 1.807) is 14.1 Å². The van der Waals surface area contributed by atoms with Gasteiger partial charge < -0.3 is 25.0 Å². The first-order valence-electron chi connectivity index (χ1n) is 17.8. The lowest BCUT2D eigenvalue weighted by Crippen LogP contribution is -2.43. The predicted molar refractivity (Wildman–Crippen MR) is 187 cm³/mol. The summed E-state index contributed by atoms with van der Waals surface area (Å²) in [7, 11) is 3.37. The molecule has 2 N–H and O–H groups in total. The van der Waals surface area contributed by atoms with Crippen molar-refractivity contribution in [2.75, 3.05) is 51.0 Å². The van der Waals surface area contributed by atoms with E-state index in [-0.39, 0.29) is 48.7 Å². The van der Waals surface area contributed by atoms with Gasteiger partial charge in [0.25, 0.3) is 12.0 Å². The van der Waals surface area contributed by atoms with E-state index in [0.29, 0.717) is 68.2 Å². The molecular formula is C36H42ClF5N8O3. The summed E-state index contributed by atoms with van der Waals surface area (Å²) in [6.07, 6.45) is -3.17. The molecule has 17 heteroatoms. The summed E-state index contributed by atoms with van der Waals surface area (Å²) in [5.41, 5.74) is 7.53. The van der Waals surface area contributed by atoms with Crippen molar-refractivity contribution in [2.24, 2.45) is 5.92 Å². The average Bonchev–Trinajstić information content (AvgIpc) is 3.69. The number of carbonyl (C=O) groups is 1. The van der Waals surface area contributed by atoms with E-state index in [0.717, 1.165) is 42.8 Å². The van der Waals surface area contributed by atoms with Crippen LogP contribution in [0.4, 0.5) is 33.5 Å². The minimum atomic E-state index is -4.76. The van der Waals surface area contributed by atoms with Crippen molar-refractivity contribution in [3.63, 3.8) is 0 Å². The van der Waals surface area contributed by atoms with Gasteiger partial charge in [0.1, 0.15) is 12.4 Å².